The van der Waals surface area contributed by atoms with Gasteiger partial charge in [0.1, 0.15) is 0 Å². The van der Waals surface area contributed by atoms with Crippen LogP contribution in [0.25, 0.3) is 0 Å². The summed E-state index contributed by atoms with van der Waals surface area (Å²) in [6.07, 6.45) is 8.68. The largest absolute Gasteiger partial charge is 0.148 e. The summed E-state index contributed by atoms with van der Waals surface area (Å²) in [7, 11) is -2.68. The SMILES string of the molecule is CC(C)[Si](C(C)C)(C(C)C)C1(CCCCC2([Si](C)(C)C)SCCCS2)SCCCS1. The molecule has 0 unspecified atom stereocenters. The maximum Gasteiger partial charge on any atom is 0.0918 e. The molecule has 6 heteroatoms. The maximum atomic E-state index is 2.63. The fourth-order valence-electron chi connectivity index (χ4n) is 6.75. The predicted octanol–water partition coefficient (Wildman–Crippen LogP) is 9.77. The van der Waals surface area contributed by atoms with Gasteiger partial charge in [0, 0.05) is 0 Å². The molecule has 2 saturated heterocycles. The van der Waals surface area contributed by atoms with Gasteiger partial charge in [-0.3, -0.25) is 0 Å². The lowest BCUT2D eigenvalue weighted by Gasteiger charge is -2.57. The van der Waals surface area contributed by atoms with Crippen molar-refractivity contribution in [1.82, 2.24) is 0 Å². The first-order valence-electron chi connectivity index (χ1n) is 12.5. The number of unbranched alkanes of at least 4 members (excludes halogenated alkanes) is 1. The molecule has 0 nitrogen and oxygen atoms in total. The van der Waals surface area contributed by atoms with Crippen molar-refractivity contribution in [2.45, 2.75) is 124 Å². The molecule has 0 N–H and O–H groups in total. The van der Waals surface area contributed by atoms with Gasteiger partial charge in [-0.1, -0.05) is 74.0 Å². The van der Waals surface area contributed by atoms with Gasteiger partial charge >= 0.3 is 0 Å². The van der Waals surface area contributed by atoms with Gasteiger partial charge in [0.25, 0.3) is 0 Å². The highest BCUT2D eigenvalue weighted by Gasteiger charge is 2.59. The summed E-state index contributed by atoms with van der Waals surface area (Å²) >= 11 is 9.52. The van der Waals surface area contributed by atoms with Gasteiger partial charge in [-0.2, -0.15) is 0 Å². The Balaban J connectivity index is 2.19. The second kappa shape index (κ2) is 11.5. The number of hydrogen-bond donors (Lipinski definition) is 0. The molecule has 2 fully saturated rings. The van der Waals surface area contributed by atoms with Gasteiger partial charge in [0.15, 0.2) is 0 Å². The highest BCUT2D eigenvalue weighted by molar-refractivity contribution is 8.21. The van der Waals surface area contributed by atoms with Crippen LogP contribution in [0.15, 0.2) is 0 Å². The van der Waals surface area contributed by atoms with E-state index in [1.54, 1.807) is 0 Å². The molecule has 0 aromatic carbocycles. The third-order valence-electron chi connectivity index (χ3n) is 7.85. The minimum atomic E-state index is -1.50. The zero-order chi connectivity index (χ0) is 22.6. The van der Waals surface area contributed by atoms with E-state index in [9.17, 15) is 0 Å². The lowest BCUT2D eigenvalue weighted by atomic mass is 10.2. The molecule has 0 spiro atoms. The number of hydrogen-bond acceptors (Lipinski definition) is 4. The Labute approximate surface area is 208 Å². The third kappa shape index (κ3) is 5.55. The van der Waals surface area contributed by atoms with Gasteiger partial charge in [0.05, 0.1) is 23.6 Å². The summed E-state index contributed by atoms with van der Waals surface area (Å²) in [5.41, 5.74) is 2.61. The predicted molar refractivity (Wildman–Crippen MR) is 157 cm³/mol. The Morgan fingerprint density at radius 3 is 1.27 bits per heavy atom. The molecule has 0 aromatic rings. The monoisotopic (exact) mass is 522 g/mol. The molecule has 2 aliphatic heterocycles. The van der Waals surface area contributed by atoms with Crippen LogP contribution in [0.2, 0.25) is 36.3 Å². The molecule has 0 amide bonds. The zero-order valence-corrected chi connectivity index (χ0v) is 26.7. The molecule has 0 aromatic heterocycles. The Kier molecular flexibility index (Phi) is 10.8. The number of rotatable bonds is 10. The molecule has 2 aliphatic rings. The fourth-order valence-corrected chi connectivity index (χ4v) is 31.5. The Morgan fingerprint density at radius 1 is 0.600 bits per heavy atom. The summed E-state index contributed by atoms with van der Waals surface area (Å²) in [4.78, 5) is 0. The summed E-state index contributed by atoms with van der Waals surface area (Å²) in [5, 5.41) is 0. The van der Waals surface area contributed by atoms with Crippen molar-refractivity contribution in [3.63, 3.8) is 0 Å². The minimum absolute atomic E-state index is 0.543. The van der Waals surface area contributed by atoms with Crippen molar-refractivity contribution >= 4 is 63.2 Å². The average Bonchev–Trinajstić information content (AvgIpc) is 2.65. The van der Waals surface area contributed by atoms with E-state index in [0.29, 0.717) is 7.40 Å². The van der Waals surface area contributed by atoms with E-state index in [4.69, 9.17) is 0 Å². The van der Waals surface area contributed by atoms with Crippen LogP contribution in [-0.2, 0) is 0 Å². The molecule has 2 heterocycles. The van der Waals surface area contributed by atoms with Crippen LogP contribution in [0.1, 0.15) is 80.1 Å². The van der Waals surface area contributed by atoms with Gasteiger partial charge in [-0.15, -0.1) is 47.0 Å². The third-order valence-corrected chi connectivity index (χ3v) is 31.3. The molecule has 0 atom stereocenters. The van der Waals surface area contributed by atoms with E-state index in [1.807, 2.05) is 0 Å². The minimum Gasteiger partial charge on any atom is -0.148 e. The van der Waals surface area contributed by atoms with Crippen molar-refractivity contribution in [3.05, 3.63) is 0 Å². The van der Waals surface area contributed by atoms with Crippen LogP contribution in [-0.4, -0.2) is 46.6 Å². The van der Waals surface area contributed by atoms with E-state index < -0.39 is 16.1 Å². The lowest BCUT2D eigenvalue weighted by Crippen LogP contribution is -2.61. The van der Waals surface area contributed by atoms with E-state index in [2.05, 4.69) is 108 Å². The molecule has 0 bridgehead atoms. The average molecular weight is 523 g/mol. The second-order valence-corrected chi connectivity index (χ2v) is 30.5. The summed E-state index contributed by atoms with van der Waals surface area (Å²) in [6.45, 7) is 23.4. The Morgan fingerprint density at radius 2 is 0.933 bits per heavy atom. The topological polar surface area (TPSA) is 0 Å². The van der Waals surface area contributed by atoms with Crippen molar-refractivity contribution < 1.29 is 0 Å². The van der Waals surface area contributed by atoms with E-state index in [-0.39, 0.29) is 0 Å². The molecule has 0 saturated carbocycles. The molecule has 0 radical (unpaired) electrons. The van der Waals surface area contributed by atoms with Gasteiger partial charge in [-0.25, -0.2) is 0 Å². The van der Waals surface area contributed by atoms with Crippen molar-refractivity contribution in [2.24, 2.45) is 0 Å². The summed E-state index contributed by atoms with van der Waals surface area (Å²) in [5.74, 6) is 5.60. The quantitative estimate of drug-likeness (QED) is 0.207. The van der Waals surface area contributed by atoms with Crippen molar-refractivity contribution in [3.8, 4) is 0 Å². The van der Waals surface area contributed by atoms with Gasteiger partial charge in [-0.05, 0) is 65.3 Å². The van der Waals surface area contributed by atoms with Crippen molar-refractivity contribution in [1.29, 1.82) is 0 Å². The molecule has 2 rings (SSSR count). The van der Waals surface area contributed by atoms with E-state index in [1.165, 1.54) is 61.5 Å². The Hall–Kier alpha value is 1.83. The molecule has 0 aliphatic carbocycles. The summed E-state index contributed by atoms with van der Waals surface area (Å²) < 4.78 is 1.12. The first-order valence-corrected chi connectivity index (χ1v) is 22.2. The molecule has 178 valence electrons. The van der Waals surface area contributed by atoms with Crippen LogP contribution >= 0.6 is 47.0 Å². The van der Waals surface area contributed by atoms with Crippen LogP contribution < -0.4 is 0 Å². The summed E-state index contributed by atoms with van der Waals surface area (Å²) in [6, 6.07) is 0. The highest BCUT2D eigenvalue weighted by Crippen LogP contribution is 2.62. The molecular formula is C24H50S4Si2. The number of thioether (sulfide) groups is 4. The maximum absolute atomic E-state index is 2.63. The van der Waals surface area contributed by atoms with Crippen LogP contribution in [0.3, 0.4) is 0 Å². The lowest BCUT2D eigenvalue weighted by molar-refractivity contribution is 0.632. The van der Waals surface area contributed by atoms with Crippen LogP contribution in [0.5, 0.6) is 0 Å². The molecule has 30 heavy (non-hydrogen) atoms. The van der Waals surface area contributed by atoms with Gasteiger partial charge in [0.2, 0.25) is 0 Å². The van der Waals surface area contributed by atoms with Gasteiger partial charge < -0.3 is 0 Å². The van der Waals surface area contributed by atoms with Crippen molar-refractivity contribution in [2.75, 3.05) is 23.0 Å². The van der Waals surface area contributed by atoms with E-state index >= 15 is 0 Å². The Bertz CT molecular complexity index is 494. The standard InChI is InChI=1S/C24H50S4Si2/c1-20(2)30(21(3)4,22(5)6)24(27-18-13-19-28-24)15-11-10-14-23(29(7,8)9)25-16-12-17-26-23/h20-22H,10-19H2,1-9H3. The van der Waals surface area contributed by atoms with Crippen LogP contribution in [0.4, 0.5) is 0 Å². The van der Waals surface area contributed by atoms with Crippen LogP contribution in [0, 0.1) is 0 Å². The highest BCUT2D eigenvalue weighted by atomic mass is 32.2. The smallest absolute Gasteiger partial charge is 0.0918 e. The first kappa shape index (κ1) is 28.1. The first-order chi connectivity index (χ1) is 14.0. The normalized spacial score (nSPS) is 22.8. The molecular weight excluding hydrogens is 473 g/mol. The van der Waals surface area contributed by atoms with E-state index in [0.717, 1.165) is 16.6 Å². The fraction of sp³-hybridized carbons (Fsp3) is 1.00. The second-order valence-electron chi connectivity index (χ2n) is 11.5. The zero-order valence-electron chi connectivity index (χ0n) is 21.4.